The summed E-state index contributed by atoms with van der Waals surface area (Å²) in [7, 11) is 0. The van der Waals surface area contributed by atoms with Crippen LogP contribution >= 0.6 is 0 Å². The third kappa shape index (κ3) is 3.88. The minimum absolute atomic E-state index is 0.0157. The Morgan fingerprint density at radius 3 is 2.50 bits per heavy atom. The summed E-state index contributed by atoms with van der Waals surface area (Å²) in [6.45, 7) is 1.21. The second-order valence-corrected chi connectivity index (χ2v) is 3.77. The molecule has 16 heavy (non-hydrogen) atoms. The number of ether oxygens (including phenoxy) is 1. The molecule has 1 rings (SSSR count). The zero-order valence-electron chi connectivity index (χ0n) is 9.05. The fraction of sp³-hybridized carbons (Fsp3) is 0.700. The van der Waals surface area contributed by atoms with Gasteiger partial charge in [-0.15, -0.1) is 0 Å². The number of amides is 2. The molecule has 0 aromatic carbocycles. The zero-order valence-corrected chi connectivity index (χ0v) is 9.05. The summed E-state index contributed by atoms with van der Waals surface area (Å²) in [4.78, 5) is 34.0. The van der Waals surface area contributed by atoms with Gasteiger partial charge in [-0.3, -0.25) is 4.79 Å². The molecule has 1 aliphatic heterocycles. The topological polar surface area (TPSA) is 89.7 Å². The van der Waals surface area contributed by atoms with Crippen LogP contribution < -0.4 is 5.73 Å². The van der Waals surface area contributed by atoms with Gasteiger partial charge in [0.15, 0.2) is 0 Å². The molecule has 1 fully saturated rings. The molecular weight excluding hydrogens is 212 g/mol. The van der Waals surface area contributed by atoms with E-state index in [1.54, 1.807) is 4.90 Å². The molecule has 1 heterocycles. The summed E-state index contributed by atoms with van der Waals surface area (Å²) in [5.41, 5.74) is 4.77. The Labute approximate surface area is 93.7 Å². The minimum Gasteiger partial charge on any atom is -0.449 e. The molecule has 0 saturated carbocycles. The van der Waals surface area contributed by atoms with Crippen molar-refractivity contribution in [3.8, 4) is 0 Å². The van der Waals surface area contributed by atoms with Gasteiger partial charge in [0.05, 0.1) is 6.42 Å². The first-order valence-electron chi connectivity index (χ1n) is 5.28. The lowest BCUT2D eigenvalue weighted by atomic mass is 9.98. The summed E-state index contributed by atoms with van der Waals surface area (Å²) in [6.07, 6.45) is 1.65. The maximum Gasteiger partial charge on any atom is 0.404 e. The minimum atomic E-state index is -0.868. The standard InChI is InChI=1S/C10H16N2O4/c11-10(15)16-6-3-9(14)12-4-1-8(7-13)2-5-12/h7-8H,1-6H2,(H2,11,15). The Kier molecular flexibility index (Phi) is 4.75. The molecule has 6 heteroatoms. The highest BCUT2D eigenvalue weighted by Gasteiger charge is 2.21. The second kappa shape index (κ2) is 6.09. The van der Waals surface area contributed by atoms with E-state index in [9.17, 15) is 14.4 Å². The molecule has 6 nitrogen and oxygen atoms in total. The van der Waals surface area contributed by atoms with Crippen LogP contribution in [-0.2, 0) is 14.3 Å². The van der Waals surface area contributed by atoms with E-state index in [2.05, 4.69) is 4.74 Å². The van der Waals surface area contributed by atoms with Crippen LogP contribution in [0.25, 0.3) is 0 Å². The monoisotopic (exact) mass is 228 g/mol. The molecule has 2 amide bonds. The summed E-state index contributed by atoms with van der Waals surface area (Å²) in [6, 6.07) is 0. The summed E-state index contributed by atoms with van der Waals surface area (Å²) in [5.74, 6) is 0.0107. The number of nitrogens with two attached hydrogens (primary N) is 1. The fourth-order valence-corrected chi connectivity index (χ4v) is 1.68. The van der Waals surface area contributed by atoms with E-state index in [-0.39, 0.29) is 24.9 Å². The van der Waals surface area contributed by atoms with Crippen molar-refractivity contribution in [3.63, 3.8) is 0 Å². The van der Waals surface area contributed by atoms with Crippen molar-refractivity contribution in [2.75, 3.05) is 19.7 Å². The predicted octanol–water partition coefficient (Wildman–Crippen LogP) is -0.0907. The Balaban J connectivity index is 2.22. The van der Waals surface area contributed by atoms with Gasteiger partial charge in [0.2, 0.25) is 5.91 Å². The van der Waals surface area contributed by atoms with Crippen LogP contribution in [0.4, 0.5) is 4.79 Å². The predicted molar refractivity (Wildman–Crippen MR) is 55.5 cm³/mol. The van der Waals surface area contributed by atoms with E-state index in [1.807, 2.05) is 0 Å². The van der Waals surface area contributed by atoms with Gasteiger partial charge in [-0.05, 0) is 12.8 Å². The molecule has 0 radical (unpaired) electrons. The number of primary amides is 1. The summed E-state index contributed by atoms with van der Waals surface area (Å²) < 4.78 is 4.48. The smallest absolute Gasteiger partial charge is 0.404 e. The first-order valence-corrected chi connectivity index (χ1v) is 5.28. The van der Waals surface area contributed by atoms with Gasteiger partial charge >= 0.3 is 6.09 Å². The van der Waals surface area contributed by atoms with Crippen LogP contribution in [-0.4, -0.2) is 42.9 Å². The number of carbonyl (C=O) groups excluding carboxylic acids is 3. The van der Waals surface area contributed by atoms with E-state index in [4.69, 9.17) is 5.73 Å². The molecule has 90 valence electrons. The van der Waals surface area contributed by atoms with Crippen LogP contribution in [0.3, 0.4) is 0 Å². The van der Waals surface area contributed by atoms with Gasteiger partial charge in [-0.1, -0.05) is 0 Å². The maximum atomic E-state index is 11.6. The number of likely N-dealkylation sites (tertiary alicyclic amines) is 1. The zero-order chi connectivity index (χ0) is 12.0. The van der Waals surface area contributed by atoms with Gasteiger partial charge < -0.3 is 20.2 Å². The van der Waals surface area contributed by atoms with Gasteiger partial charge in [-0.25, -0.2) is 4.79 Å². The van der Waals surface area contributed by atoms with Crippen LogP contribution in [0.1, 0.15) is 19.3 Å². The highest BCUT2D eigenvalue weighted by molar-refractivity contribution is 5.77. The molecule has 1 saturated heterocycles. The van der Waals surface area contributed by atoms with E-state index in [0.29, 0.717) is 25.9 Å². The van der Waals surface area contributed by atoms with Gasteiger partial charge in [0.1, 0.15) is 12.9 Å². The number of nitrogens with zero attached hydrogens (tertiary/aromatic N) is 1. The van der Waals surface area contributed by atoms with Gasteiger partial charge in [0, 0.05) is 19.0 Å². The molecule has 0 aromatic heterocycles. The van der Waals surface area contributed by atoms with E-state index in [0.717, 1.165) is 6.29 Å². The van der Waals surface area contributed by atoms with Crippen LogP contribution in [0.5, 0.6) is 0 Å². The molecule has 0 bridgehead atoms. The maximum absolute atomic E-state index is 11.6. The third-order valence-corrected chi connectivity index (χ3v) is 2.65. The first-order chi connectivity index (χ1) is 7.63. The number of hydrogen-bond donors (Lipinski definition) is 1. The number of aldehydes is 1. The Bertz CT molecular complexity index is 272. The third-order valence-electron chi connectivity index (χ3n) is 2.65. The van der Waals surface area contributed by atoms with Crippen LogP contribution in [0.15, 0.2) is 0 Å². The Morgan fingerprint density at radius 2 is 2.00 bits per heavy atom. The lowest BCUT2D eigenvalue weighted by molar-refractivity contribution is -0.134. The number of carbonyl (C=O) groups is 3. The normalized spacial score (nSPS) is 16.9. The van der Waals surface area contributed by atoms with Crippen molar-refractivity contribution in [1.29, 1.82) is 0 Å². The van der Waals surface area contributed by atoms with Crippen molar-refractivity contribution < 1.29 is 19.1 Å². The summed E-state index contributed by atoms with van der Waals surface area (Å²) in [5, 5.41) is 0. The molecule has 0 spiro atoms. The molecule has 0 atom stereocenters. The molecule has 0 unspecified atom stereocenters. The first kappa shape index (κ1) is 12.5. The van der Waals surface area contributed by atoms with E-state index >= 15 is 0 Å². The molecule has 0 aliphatic carbocycles. The van der Waals surface area contributed by atoms with E-state index in [1.165, 1.54) is 0 Å². The SMILES string of the molecule is NC(=O)OCCC(=O)N1CCC(C=O)CC1. The van der Waals surface area contributed by atoms with Crippen LogP contribution in [0, 0.1) is 5.92 Å². The average Bonchev–Trinajstić information content (AvgIpc) is 2.28. The number of hydrogen-bond acceptors (Lipinski definition) is 4. The number of rotatable bonds is 4. The van der Waals surface area contributed by atoms with Crippen molar-refractivity contribution in [2.24, 2.45) is 11.7 Å². The van der Waals surface area contributed by atoms with Crippen molar-refractivity contribution in [1.82, 2.24) is 4.90 Å². The molecular formula is C10H16N2O4. The Morgan fingerprint density at radius 1 is 1.38 bits per heavy atom. The lowest BCUT2D eigenvalue weighted by Crippen LogP contribution is -2.39. The van der Waals surface area contributed by atoms with Crippen molar-refractivity contribution in [3.05, 3.63) is 0 Å². The highest BCUT2D eigenvalue weighted by atomic mass is 16.5. The van der Waals surface area contributed by atoms with Crippen molar-refractivity contribution >= 4 is 18.3 Å². The molecule has 0 aromatic rings. The summed E-state index contributed by atoms with van der Waals surface area (Å²) >= 11 is 0. The quantitative estimate of drug-likeness (QED) is 0.681. The van der Waals surface area contributed by atoms with E-state index < -0.39 is 6.09 Å². The molecule has 2 N–H and O–H groups in total. The average molecular weight is 228 g/mol. The highest BCUT2D eigenvalue weighted by Crippen LogP contribution is 2.15. The fourth-order valence-electron chi connectivity index (χ4n) is 1.68. The lowest BCUT2D eigenvalue weighted by Gasteiger charge is -2.29. The second-order valence-electron chi connectivity index (χ2n) is 3.77. The van der Waals surface area contributed by atoms with Crippen molar-refractivity contribution in [2.45, 2.75) is 19.3 Å². The van der Waals surface area contributed by atoms with Gasteiger partial charge in [0.25, 0.3) is 0 Å². The Hall–Kier alpha value is -1.59. The van der Waals surface area contributed by atoms with Gasteiger partial charge in [-0.2, -0.15) is 0 Å². The largest absolute Gasteiger partial charge is 0.449 e. The molecule has 1 aliphatic rings. The number of piperidine rings is 1. The van der Waals surface area contributed by atoms with Crippen LogP contribution in [0.2, 0.25) is 0 Å².